The van der Waals surface area contributed by atoms with Crippen molar-refractivity contribution >= 4 is 17.3 Å². The van der Waals surface area contributed by atoms with Crippen molar-refractivity contribution in [3.63, 3.8) is 0 Å². The van der Waals surface area contributed by atoms with E-state index in [1.54, 1.807) is 0 Å². The monoisotopic (exact) mass is 288 g/mol. The average Bonchev–Trinajstić information content (AvgIpc) is 2.50. The van der Waals surface area contributed by atoms with E-state index in [1.807, 2.05) is 17.0 Å². The highest BCUT2D eigenvalue weighted by atomic mass is 16.2. The molecule has 0 atom stereocenters. The SMILES string of the molecule is CCCCCCCCC(=O)N1CCCc2ccc(N)cc21. The smallest absolute Gasteiger partial charge is 0.226 e. The zero-order valence-electron chi connectivity index (χ0n) is 13.2. The topological polar surface area (TPSA) is 46.3 Å². The molecule has 0 aliphatic carbocycles. The normalized spacial score (nSPS) is 14.0. The molecule has 1 amide bonds. The first-order valence-electron chi connectivity index (χ1n) is 8.41. The Bertz CT molecular complexity index is 470. The van der Waals surface area contributed by atoms with Crippen molar-refractivity contribution in [2.75, 3.05) is 17.2 Å². The first kappa shape index (κ1) is 15.9. The lowest BCUT2D eigenvalue weighted by atomic mass is 10.0. The summed E-state index contributed by atoms with van der Waals surface area (Å²) < 4.78 is 0. The summed E-state index contributed by atoms with van der Waals surface area (Å²) in [6.45, 7) is 3.06. The van der Waals surface area contributed by atoms with Gasteiger partial charge in [0.2, 0.25) is 5.91 Å². The Kier molecular flexibility index (Phi) is 6.09. The number of hydrogen-bond donors (Lipinski definition) is 1. The molecule has 0 saturated carbocycles. The number of carbonyl (C=O) groups is 1. The van der Waals surface area contributed by atoms with Gasteiger partial charge in [0, 0.05) is 24.3 Å². The number of nitrogens with two attached hydrogens (primary N) is 1. The lowest BCUT2D eigenvalue weighted by Gasteiger charge is -2.30. The summed E-state index contributed by atoms with van der Waals surface area (Å²) in [5, 5.41) is 0. The predicted octanol–water partition coefficient (Wildman–Crippen LogP) is 4.30. The van der Waals surface area contributed by atoms with Crippen LogP contribution in [-0.2, 0) is 11.2 Å². The summed E-state index contributed by atoms with van der Waals surface area (Å²) in [4.78, 5) is 14.4. The van der Waals surface area contributed by atoms with Crippen LogP contribution in [0.4, 0.5) is 11.4 Å². The number of aryl methyl sites for hydroxylation is 1. The van der Waals surface area contributed by atoms with Crippen LogP contribution in [0.25, 0.3) is 0 Å². The number of anilines is 2. The van der Waals surface area contributed by atoms with E-state index in [0.29, 0.717) is 6.42 Å². The van der Waals surface area contributed by atoms with Crippen LogP contribution in [-0.4, -0.2) is 12.5 Å². The van der Waals surface area contributed by atoms with Crippen LogP contribution in [0.1, 0.15) is 63.9 Å². The predicted molar refractivity (Wildman–Crippen MR) is 89.5 cm³/mol. The second-order valence-corrected chi connectivity index (χ2v) is 6.05. The van der Waals surface area contributed by atoms with Gasteiger partial charge < -0.3 is 10.6 Å². The quantitative estimate of drug-likeness (QED) is 0.600. The van der Waals surface area contributed by atoms with E-state index < -0.39 is 0 Å². The summed E-state index contributed by atoms with van der Waals surface area (Å²) in [6, 6.07) is 5.95. The van der Waals surface area contributed by atoms with E-state index in [2.05, 4.69) is 13.0 Å². The summed E-state index contributed by atoms with van der Waals surface area (Å²) in [6.07, 6.45) is 10.1. The van der Waals surface area contributed by atoms with E-state index in [1.165, 1.54) is 37.7 Å². The third-order valence-electron chi connectivity index (χ3n) is 4.27. The molecule has 2 rings (SSSR count). The van der Waals surface area contributed by atoms with Crippen molar-refractivity contribution in [2.45, 2.75) is 64.7 Å². The van der Waals surface area contributed by atoms with Gasteiger partial charge in [0.25, 0.3) is 0 Å². The van der Waals surface area contributed by atoms with Gasteiger partial charge in [-0.15, -0.1) is 0 Å². The molecule has 2 N–H and O–H groups in total. The van der Waals surface area contributed by atoms with E-state index in [-0.39, 0.29) is 5.91 Å². The summed E-state index contributed by atoms with van der Waals surface area (Å²) in [5.41, 5.74) is 8.91. The molecule has 3 heteroatoms. The van der Waals surface area contributed by atoms with Gasteiger partial charge in [0.05, 0.1) is 0 Å². The fraction of sp³-hybridized carbons (Fsp3) is 0.611. The maximum absolute atomic E-state index is 12.4. The molecule has 0 fully saturated rings. The number of unbranched alkanes of at least 4 members (excludes halogenated alkanes) is 5. The number of carbonyl (C=O) groups excluding carboxylic acids is 1. The molecule has 1 aliphatic heterocycles. The van der Waals surface area contributed by atoms with Crippen LogP contribution in [0.15, 0.2) is 18.2 Å². The van der Waals surface area contributed by atoms with Gasteiger partial charge in [-0.25, -0.2) is 0 Å². The van der Waals surface area contributed by atoms with Crippen LogP contribution in [0.2, 0.25) is 0 Å². The maximum atomic E-state index is 12.4. The Balaban J connectivity index is 1.85. The molecule has 0 aromatic heterocycles. The maximum Gasteiger partial charge on any atom is 0.226 e. The molecule has 0 unspecified atom stereocenters. The van der Waals surface area contributed by atoms with Crippen molar-refractivity contribution in [1.82, 2.24) is 0 Å². The van der Waals surface area contributed by atoms with Gasteiger partial charge in [-0.2, -0.15) is 0 Å². The molecule has 1 aliphatic rings. The van der Waals surface area contributed by atoms with Crippen molar-refractivity contribution in [3.05, 3.63) is 23.8 Å². The standard InChI is InChI=1S/C18H28N2O/c1-2-3-4-5-6-7-10-18(21)20-13-8-9-15-11-12-16(19)14-17(15)20/h11-12,14H,2-10,13,19H2,1H3. The molecule has 116 valence electrons. The van der Waals surface area contributed by atoms with Crippen LogP contribution >= 0.6 is 0 Å². The van der Waals surface area contributed by atoms with Gasteiger partial charge in [-0.1, -0.05) is 45.1 Å². The largest absolute Gasteiger partial charge is 0.399 e. The molecule has 1 aromatic rings. The highest BCUT2D eigenvalue weighted by Crippen LogP contribution is 2.29. The Morgan fingerprint density at radius 3 is 2.76 bits per heavy atom. The van der Waals surface area contributed by atoms with Gasteiger partial charge in [0.1, 0.15) is 0 Å². The highest BCUT2D eigenvalue weighted by Gasteiger charge is 2.22. The van der Waals surface area contributed by atoms with Crippen LogP contribution in [0.5, 0.6) is 0 Å². The fourth-order valence-electron chi connectivity index (χ4n) is 3.04. The molecule has 0 radical (unpaired) electrons. The van der Waals surface area contributed by atoms with E-state index in [4.69, 9.17) is 5.73 Å². The minimum absolute atomic E-state index is 0.261. The van der Waals surface area contributed by atoms with Crippen molar-refractivity contribution < 1.29 is 4.79 Å². The molecule has 0 spiro atoms. The molecule has 3 nitrogen and oxygen atoms in total. The molecular formula is C18H28N2O. The Hall–Kier alpha value is -1.51. The molecule has 0 saturated heterocycles. The van der Waals surface area contributed by atoms with Gasteiger partial charge in [-0.3, -0.25) is 4.79 Å². The first-order chi connectivity index (χ1) is 10.2. The van der Waals surface area contributed by atoms with Gasteiger partial charge in [0.15, 0.2) is 0 Å². The van der Waals surface area contributed by atoms with Gasteiger partial charge >= 0.3 is 0 Å². The van der Waals surface area contributed by atoms with Crippen molar-refractivity contribution in [2.24, 2.45) is 0 Å². The number of rotatable bonds is 7. The molecule has 21 heavy (non-hydrogen) atoms. The van der Waals surface area contributed by atoms with Gasteiger partial charge in [-0.05, 0) is 37.0 Å². The Labute approximate surface area is 128 Å². The first-order valence-corrected chi connectivity index (χ1v) is 8.41. The minimum Gasteiger partial charge on any atom is -0.399 e. The minimum atomic E-state index is 0.261. The number of nitrogen functional groups attached to an aromatic ring is 1. The third-order valence-corrected chi connectivity index (χ3v) is 4.27. The summed E-state index contributed by atoms with van der Waals surface area (Å²) in [5.74, 6) is 0.261. The Morgan fingerprint density at radius 1 is 1.19 bits per heavy atom. The summed E-state index contributed by atoms with van der Waals surface area (Å²) in [7, 11) is 0. The molecule has 1 heterocycles. The Morgan fingerprint density at radius 2 is 1.95 bits per heavy atom. The van der Waals surface area contributed by atoms with E-state index in [9.17, 15) is 4.79 Å². The number of fused-ring (bicyclic) bond motifs is 1. The number of nitrogens with zero attached hydrogens (tertiary/aromatic N) is 1. The summed E-state index contributed by atoms with van der Waals surface area (Å²) >= 11 is 0. The third kappa shape index (κ3) is 4.48. The van der Waals surface area contributed by atoms with Crippen molar-refractivity contribution in [3.8, 4) is 0 Å². The second-order valence-electron chi connectivity index (χ2n) is 6.05. The zero-order chi connectivity index (χ0) is 15.1. The number of amides is 1. The van der Waals surface area contributed by atoms with E-state index >= 15 is 0 Å². The lowest BCUT2D eigenvalue weighted by molar-refractivity contribution is -0.118. The van der Waals surface area contributed by atoms with Crippen LogP contribution in [0.3, 0.4) is 0 Å². The fourth-order valence-corrected chi connectivity index (χ4v) is 3.04. The number of benzene rings is 1. The molecule has 1 aromatic carbocycles. The van der Waals surface area contributed by atoms with Crippen LogP contribution < -0.4 is 10.6 Å². The van der Waals surface area contributed by atoms with E-state index in [0.717, 1.165) is 37.2 Å². The average molecular weight is 288 g/mol. The second kappa shape index (κ2) is 8.06. The van der Waals surface area contributed by atoms with Crippen LogP contribution in [0, 0.1) is 0 Å². The zero-order valence-corrected chi connectivity index (χ0v) is 13.2. The molecular weight excluding hydrogens is 260 g/mol. The van der Waals surface area contributed by atoms with Crippen molar-refractivity contribution in [1.29, 1.82) is 0 Å². The lowest BCUT2D eigenvalue weighted by Crippen LogP contribution is -2.35. The molecule has 0 bridgehead atoms. The highest BCUT2D eigenvalue weighted by molar-refractivity contribution is 5.95. The number of hydrogen-bond acceptors (Lipinski definition) is 2.